The zero-order chi connectivity index (χ0) is 15.2. The molecule has 0 spiro atoms. The quantitative estimate of drug-likeness (QED) is 0.770. The molecule has 0 fully saturated rings. The molecular formula is C15H22N4OS. The Labute approximate surface area is 130 Å². The first-order valence-corrected chi connectivity index (χ1v) is 7.66. The van der Waals surface area contributed by atoms with Crippen LogP contribution in [0.3, 0.4) is 0 Å². The van der Waals surface area contributed by atoms with E-state index in [0.717, 1.165) is 30.0 Å². The van der Waals surface area contributed by atoms with Gasteiger partial charge < -0.3 is 10.2 Å². The van der Waals surface area contributed by atoms with Crippen LogP contribution in [0.5, 0.6) is 5.75 Å². The zero-order valence-electron chi connectivity index (χ0n) is 12.7. The summed E-state index contributed by atoms with van der Waals surface area (Å²) in [5.41, 5.74) is 4.44. The van der Waals surface area contributed by atoms with Gasteiger partial charge in [-0.15, -0.1) is 0 Å². The number of rotatable bonds is 7. The Bertz CT molecular complexity index is 633. The summed E-state index contributed by atoms with van der Waals surface area (Å²) < 4.78 is 8.14. The Kier molecular flexibility index (Phi) is 5.38. The molecule has 0 atom stereocenters. The van der Waals surface area contributed by atoms with Crippen molar-refractivity contribution in [1.29, 1.82) is 0 Å². The third kappa shape index (κ3) is 4.32. The van der Waals surface area contributed by atoms with Gasteiger partial charge in [-0.05, 0) is 50.2 Å². The van der Waals surface area contributed by atoms with Gasteiger partial charge in [0.05, 0.1) is 12.6 Å². The second-order valence-electron chi connectivity index (χ2n) is 5.18. The molecule has 1 heterocycles. The fourth-order valence-corrected chi connectivity index (χ4v) is 2.27. The van der Waals surface area contributed by atoms with Crippen molar-refractivity contribution in [2.45, 2.75) is 46.3 Å². The van der Waals surface area contributed by atoms with Gasteiger partial charge in [0.25, 0.3) is 0 Å². The topological polar surface area (TPSA) is 54.9 Å². The monoisotopic (exact) mass is 306 g/mol. The van der Waals surface area contributed by atoms with E-state index in [1.165, 1.54) is 0 Å². The van der Waals surface area contributed by atoms with Crippen molar-refractivity contribution in [3.63, 3.8) is 0 Å². The molecule has 0 aliphatic heterocycles. The highest BCUT2D eigenvalue weighted by Crippen LogP contribution is 2.15. The number of aromatic amines is 1. The largest absolute Gasteiger partial charge is 0.491 e. The average Bonchev–Trinajstić information content (AvgIpc) is 2.77. The highest BCUT2D eigenvalue weighted by atomic mass is 32.1. The van der Waals surface area contributed by atoms with Crippen LogP contribution in [0.2, 0.25) is 0 Å². The number of nitrogens with zero attached hydrogens (tertiary/aromatic N) is 2. The lowest BCUT2D eigenvalue weighted by molar-refractivity contribution is 0.242. The predicted octanol–water partition coefficient (Wildman–Crippen LogP) is 3.42. The number of benzene rings is 1. The SMILES string of the molecule is CCCc1n[nH]c(=S)n1NCc1cccc(OC(C)C)c1. The van der Waals surface area contributed by atoms with Gasteiger partial charge in [-0.3, -0.25) is 5.10 Å². The van der Waals surface area contributed by atoms with Crippen LogP contribution >= 0.6 is 12.2 Å². The van der Waals surface area contributed by atoms with E-state index in [1.54, 1.807) is 0 Å². The molecule has 0 aliphatic carbocycles. The maximum absolute atomic E-state index is 5.70. The lowest BCUT2D eigenvalue weighted by atomic mass is 10.2. The van der Waals surface area contributed by atoms with E-state index in [-0.39, 0.29) is 6.10 Å². The molecule has 5 nitrogen and oxygen atoms in total. The molecule has 21 heavy (non-hydrogen) atoms. The average molecular weight is 306 g/mol. The second kappa shape index (κ2) is 7.26. The van der Waals surface area contributed by atoms with Crippen LogP contribution in [0.15, 0.2) is 24.3 Å². The first-order chi connectivity index (χ1) is 10.1. The van der Waals surface area contributed by atoms with E-state index in [2.05, 4.69) is 28.6 Å². The van der Waals surface area contributed by atoms with Crippen LogP contribution in [0, 0.1) is 4.77 Å². The van der Waals surface area contributed by atoms with Crippen LogP contribution in [0.25, 0.3) is 0 Å². The summed E-state index contributed by atoms with van der Waals surface area (Å²) in [6.07, 6.45) is 2.09. The van der Waals surface area contributed by atoms with Gasteiger partial charge >= 0.3 is 0 Å². The lowest BCUT2D eigenvalue weighted by Gasteiger charge is -2.12. The molecule has 6 heteroatoms. The molecule has 2 aromatic rings. The van der Waals surface area contributed by atoms with Gasteiger partial charge in [-0.2, -0.15) is 5.10 Å². The van der Waals surface area contributed by atoms with E-state index in [0.29, 0.717) is 11.3 Å². The molecule has 1 aromatic carbocycles. The minimum Gasteiger partial charge on any atom is -0.491 e. The fourth-order valence-electron chi connectivity index (χ4n) is 2.06. The summed E-state index contributed by atoms with van der Waals surface area (Å²) >= 11 is 5.24. The molecule has 0 radical (unpaired) electrons. The molecule has 0 bridgehead atoms. The summed E-state index contributed by atoms with van der Waals surface area (Å²) in [5.74, 6) is 1.81. The van der Waals surface area contributed by atoms with E-state index >= 15 is 0 Å². The summed E-state index contributed by atoms with van der Waals surface area (Å²) in [6.45, 7) is 6.83. The molecule has 2 rings (SSSR count). The van der Waals surface area contributed by atoms with Crippen molar-refractivity contribution in [2.75, 3.05) is 5.43 Å². The van der Waals surface area contributed by atoms with Crippen LogP contribution in [0.1, 0.15) is 38.6 Å². The van der Waals surface area contributed by atoms with Crippen LogP contribution < -0.4 is 10.2 Å². The first kappa shape index (κ1) is 15.6. The first-order valence-electron chi connectivity index (χ1n) is 7.26. The lowest BCUT2D eigenvalue weighted by Crippen LogP contribution is -2.17. The summed E-state index contributed by atoms with van der Waals surface area (Å²) in [6, 6.07) is 8.06. The minimum absolute atomic E-state index is 0.173. The Morgan fingerprint density at radius 1 is 1.43 bits per heavy atom. The number of H-pyrrole nitrogens is 1. The van der Waals surface area contributed by atoms with Crippen molar-refractivity contribution < 1.29 is 4.74 Å². The molecule has 0 amide bonds. The zero-order valence-corrected chi connectivity index (χ0v) is 13.5. The van der Waals surface area contributed by atoms with Gasteiger partial charge in [0.2, 0.25) is 4.77 Å². The maximum Gasteiger partial charge on any atom is 0.214 e. The normalized spacial score (nSPS) is 10.9. The van der Waals surface area contributed by atoms with Crippen molar-refractivity contribution in [2.24, 2.45) is 0 Å². The molecule has 2 N–H and O–H groups in total. The molecule has 0 saturated carbocycles. The highest BCUT2D eigenvalue weighted by Gasteiger charge is 2.05. The Morgan fingerprint density at radius 3 is 2.95 bits per heavy atom. The van der Waals surface area contributed by atoms with Gasteiger partial charge in [-0.1, -0.05) is 19.1 Å². The summed E-state index contributed by atoms with van der Waals surface area (Å²) in [4.78, 5) is 0. The highest BCUT2D eigenvalue weighted by molar-refractivity contribution is 7.71. The molecule has 0 aliphatic rings. The van der Waals surface area contributed by atoms with E-state index < -0.39 is 0 Å². The number of nitrogens with one attached hydrogen (secondary N) is 2. The number of aromatic nitrogens is 3. The smallest absolute Gasteiger partial charge is 0.214 e. The van der Waals surface area contributed by atoms with Crippen LogP contribution in [-0.4, -0.2) is 21.0 Å². The Hall–Kier alpha value is -1.82. The fraction of sp³-hybridized carbons (Fsp3) is 0.467. The van der Waals surface area contributed by atoms with Gasteiger partial charge in [0.15, 0.2) is 5.82 Å². The minimum atomic E-state index is 0.173. The Morgan fingerprint density at radius 2 is 2.24 bits per heavy atom. The summed E-state index contributed by atoms with van der Waals surface area (Å²) in [5, 5.41) is 7.06. The molecule has 0 saturated heterocycles. The molecular weight excluding hydrogens is 284 g/mol. The van der Waals surface area contributed by atoms with Crippen molar-refractivity contribution in [3.05, 3.63) is 40.4 Å². The predicted molar refractivity (Wildman–Crippen MR) is 86.7 cm³/mol. The van der Waals surface area contributed by atoms with Crippen molar-refractivity contribution in [3.8, 4) is 5.75 Å². The third-order valence-corrected chi connectivity index (χ3v) is 3.20. The standard InChI is InChI=1S/C15H22N4OS/c1-4-6-14-17-18-15(21)19(14)16-10-12-7-5-8-13(9-12)20-11(2)3/h5,7-9,11,16H,4,6,10H2,1-3H3,(H,18,21). The Balaban J connectivity index is 2.06. The number of hydrogen-bond donors (Lipinski definition) is 2. The van der Waals surface area contributed by atoms with E-state index in [1.807, 2.05) is 36.7 Å². The van der Waals surface area contributed by atoms with Crippen molar-refractivity contribution in [1.82, 2.24) is 14.9 Å². The van der Waals surface area contributed by atoms with Crippen LogP contribution in [0.4, 0.5) is 0 Å². The number of aryl methyl sites for hydroxylation is 1. The van der Waals surface area contributed by atoms with Crippen molar-refractivity contribution >= 4 is 12.2 Å². The van der Waals surface area contributed by atoms with Gasteiger partial charge in [-0.25, -0.2) is 4.68 Å². The van der Waals surface area contributed by atoms with Gasteiger partial charge in [0, 0.05) is 6.42 Å². The molecule has 1 aromatic heterocycles. The maximum atomic E-state index is 5.70. The molecule has 0 unspecified atom stereocenters. The van der Waals surface area contributed by atoms with E-state index in [4.69, 9.17) is 17.0 Å². The number of ether oxygens (including phenoxy) is 1. The second-order valence-corrected chi connectivity index (χ2v) is 5.57. The summed E-state index contributed by atoms with van der Waals surface area (Å²) in [7, 11) is 0. The van der Waals surface area contributed by atoms with Gasteiger partial charge in [0.1, 0.15) is 5.75 Å². The third-order valence-electron chi connectivity index (χ3n) is 2.93. The molecule has 114 valence electrons. The van der Waals surface area contributed by atoms with Crippen LogP contribution in [-0.2, 0) is 13.0 Å². The van der Waals surface area contributed by atoms with E-state index in [9.17, 15) is 0 Å². The number of hydrogen-bond acceptors (Lipinski definition) is 4.